The van der Waals surface area contributed by atoms with Crippen molar-refractivity contribution in [1.82, 2.24) is 9.47 Å². The molecule has 24 heavy (non-hydrogen) atoms. The van der Waals surface area contributed by atoms with Crippen molar-refractivity contribution >= 4 is 22.8 Å². The Morgan fingerprint density at radius 3 is 2.54 bits per heavy atom. The van der Waals surface area contributed by atoms with Gasteiger partial charge in [-0.25, -0.2) is 0 Å². The van der Waals surface area contributed by atoms with Gasteiger partial charge in [-0.05, 0) is 44.1 Å². The zero-order valence-electron chi connectivity index (χ0n) is 13.4. The molecule has 2 aromatic rings. The second-order valence-electron chi connectivity index (χ2n) is 5.97. The maximum atomic E-state index is 11.9. The smallest absolute Gasteiger partial charge is 0.325 e. The molecule has 1 aliphatic heterocycles. The van der Waals surface area contributed by atoms with Crippen molar-refractivity contribution in [3.8, 4) is 5.75 Å². The predicted molar refractivity (Wildman–Crippen MR) is 87.3 cm³/mol. The Morgan fingerprint density at radius 1 is 1.25 bits per heavy atom. The topological polar surface area (TPSA) is 92.0 Å². The molecule has 0 spiro atoms. The average Bonchev–Trinajstić information content (AvgIpc) is 3.16. The van der Waals surface area contributed by atoms with Gasteiger partial charge in [0.1, 0.15) is 18.3 Å². The van der Waals surface area contributed by atoms with Gasteiger partial charge < -0.3 is 19.5 Å². The summed E-state index contributed by atoms with van der Waals surface area (Å²) in [7, 11) is 1.55. The summed E-state index contributed by atoms with van der Waals surface area (Å²) in [6.45, 7) is 1.24. The number of carboxylic acid groups (broad SMARTS) is 2. The summed E-state index contributed by atoms with van der Waals surface area (Å²) in [6.07, 6.45) is 3.59. The molecule has 0 saturated carbocycles. The number of benzene rings is 1. The number of aromatic nitrogens is 1. The van der Waals surface area contributed by atoms with Gasteiger partial charge in [-0.15, -0.1) is 0 Å². The summed E-state index contributed by atoms with van der Waals surface area (Å²) < 4.78 is 6.83. The van der Waals surface area contributed by atoms with Crippen LogP contribution in [0.2, 0.25) is 0 Å². The first-order valence-electron chi connectivity index (χ1n) is 7.86. The second-order valence-corrected chi connectivity index (χ2v) is 5.97. The Labute approximate surface area is 139 Å². The molecule has 3 rings (SSSR count). The number of methoxy groups -OCH3 is 1. The number of hydrogen-bond donors (Lipinski definition) is 2. The number of rotatable bonds is 6. The molecule has 1 atom stereocenters. The molecular weight excluding hydrogens is 312 g/mol. The monoisotopic (exact) mass is 332 g/mol. The van der Waals surface area contributed by atoms with Crippen LogP contribution in [0.25, 0.3) is 10.9 Å². The summed E-state index contributed by atoms with van der Waals surface area (Å²) in [5.74, 6) is -1.28. The number of fused-ring (bicyclic) bond motifs is 1. The molecule has 1 unspecified atom stereocenters. The molecule has 1 fully saturated rings. The number of likely N-dealkylation sites (tertiary alicyclic amines) is 1. The fraction of sp³-hybridized carbons (Fsp3) is 0.412. The maximum Gasteiger partial charge on any atom is 0.325 e. The Bertz CT molecular complexity index is 777. The average molecular weight is 332 g/mol. The number of carboxylic acids is 2. The van der Waals surface area contributed by atoms with Crippen molar-refractivity contribution in [2.24, 2.45) is 0 Å². The fourth-order valence-corrected chi connectivity index (χ4v) is 3.41. The van der Waals surface area contributed by atoms with Crippen molar-refractivity contribution < 1.29 is 24.5 Å². The van der Waals surface area contributed by atoms with Crippen molar-refractivity contribution in [2.45, 2.75) is 25.4 Å². The van der Waals surface area contributed by atoms with Crippen LogP contribution < -0.4 is 4.74 Å². The molecular formula is C17H20N2O5. The molecule has 1 saturated heterocycles. The number of ether oxygens (including phenoxy) is 1. The van der Waals surface area contributed by atoms with E-state index in [9.17, 15) is 14.7 Å². The number of hydrogen-bond acceptors (Lipinski definition) is 4. The number of aliphatic carboxylic acids is 2. The molecule has 0 amide bonds. The van der Waals surface area contributed by atoms with Crippen LogP contribution in [-0.4, -0.2) is 51.8 Å². The normalized spacial score (nSPS) is 16.4. The number of nitrogens with zero attached hydrogens (tertiary/aromatic N) is 2. The summed E-state index contributed by atoms with van der Waals surface area (Å²) in [5.41, 5.74) is 1.30. The summed E-state index contributed by atoms with van der Waals surface area (Å²) in [4.78, 5) is 25.0. The molecule has 1 aliphatic rings. The zero-order chi connectivity index (χ0) is 17.3. The molecule has 2 heterocycles. The van der Waals surface area contributed by atoms with Gasteiger partial charge >= 0.3 is 11.9 Å². The molecule has 0 radical (unpaired) electrons. The van der Waals surface area contributed by atoms with Gasteiger partial charge in [-0.3, -0.25) is 14.5 Å². The van der Waals surface area contributed by atoms with Crippen molar-refractivity contribution in [3.63, 3.8) is 0 Å². The maximum absolute atomic E-state index is 11.9. The Hall–Kier alpha value is -2.54. The third kappa shape index (κ3) is 2.94. The van der Waals surface area contributed by atoms with Crippen LogP contribution >= 0.6 is 0 Å². The van der Waals surface area contributed by atoms with Gasteiger partial charge in [-0.1, -0.05) is 0 Å². The van der Waals surface area contributed by atoms with Crippen LogP contribution in [0.15, 0.2) is 24.4 Å². The third-order valence-electron chi connectivity index (χ3n) is 4.46. The minimum atomic E-state index is -0.970. The van der Waals surface area contributed by atoms with E-state index in [4.69, 9.17) is 9.84 Å². The van der Waals surface area contributed by atoms with Gasteiger partial charge in [0.15, 0.2) is 0 Å². The van der Waals surface area contributed by atoms with Crippen LogP contribution in [-0.2, 0) is 16.1 Å². The molecule has 1 aromatic heterocycles. The molecule has 7 heteroatoms. The lowest BCUT2D eigenvalue weighted by Gasteiger charge is -2.23. The van der Waals surface area contributed by atoms with Crippen LogP contribution in [0, 0.1) is 0 Å². The van der Waals surface area contributed by atoms with E-state index in [1.165, 1.54) is 0 Å². The van der Waals surface area contributed by atoms with Crippen molar-refractivity contribution in [1.29, 1.82) is 0 Å². The van der Waals surface area contributed by atoms with Crippen LogP contribution in [0.4, 0.5) is 0 Å². The standard InChI is InChI=1S/C17H20N2O5/c1-24-11-4-5-14-12(8-11)13(9-19(14)10-15(20)21)16(17(22)23)18-6-2-3-7-18/h4-5,8-9,16H,2-3,6-7,10H2,1H3,(H,20,21)(H,22,23). The molecule has 1 aromatic carbocycles. The highest BCUT2D eigenvalue weighted by Gasteiger charge is 2.32. The lowest BCUT2D eigenvalue weighted by atomic mass is 10.0. The summed E-state index contributed by atoms with van der Waals surface area (Å²) >= 11 is 0. The van der Waals surface area contributed by atoms with Gasteiger partial charge in [-0.2, -0.15) is 0 Å². The van der Waals surface area contributed by atoms with E-state index in [1.807, 2.05) is 4.90 Å². The SMILES string of the molecule is COc1ccc2c(c1)c(C(C(=O)O)N1CCCC1)cn2CC(=O)O. The van der Waals surface area contributed by atoms with E-state index in [0.29, 0.717) is 16.8 Å². The van der Waals surface area contributed by atoms with Gasteiger partial charge in [0.25, 0.3) is 0 Å². The first-order valence-corrected chi connectivity index (χ1v) is 7.86. The third-order valence-corrected chi connectivity index (χ3v) is 4.46. The Kier molecular flexibility index (Phi) is 4.44. The first kappa shape index (κ1) is 16.3. The highest BCUT2D eigenvalue weighted by atomic mass is 16.5. The van der Waals surface area contributed by atoms with E-state index >= 15 is 0 Å². The van der Waals surface area contributed by atoms with Crippen LogP contribution in [0.3, 0.4) is 0 Å². The Morgan fingerprint density at radius 2 is 1.96 bits per heavy atom. The number of carbonyl (C=O) groups is 2. The van der Waals surface area contributed by atoms with E-state index in [2.05, 4.69) is 0 Å². The largest absolute Gasteiger partial charge is 0.497 e. The van der Waals surface area contributed by atoms with E-state index in [-0.39, 0.29) is 6.54 Å². The van der Waals surface area contributed by atoms with Crippen LogP contribution in [0.5, 0.6) is 5.75 Å². The second kappa shape index (κ2) is 6.52. The lowest BCUT2D eigenvalue weighted by molar-refractivity contribution is -0.143. The molecule has 0 bridgehead atoms. The molecule has 128 valence electrons. The molecule has 7 nitrogen and oxygen atoms in total. The van der Waals surface area contributed by atoms with Gasteiger partial charge in [0.05, 0.1) is 7.11 Å². The minimum absolute atomic E-state index is 0.213. The minimum Gasteiger partial charge on any atom is -0.497 e. The predicted octanol–water partition coefficient (Wildman–Crippen LogP) is 1.96. The summed E-state index contributed by atoms with van der Waals surface area (Å²) in [6, 6.07) is 4.51. The van der Waals surface area contributed by atoms with Crippen molar-refractivity contribution in [3.05, 3.63) is 30.0 Å². The van der Waals surface area contributed by atoms with E-state index < -0.39 is 18.0 Å². The molecule has 0 aliphatic carbocycles. The highest BCUT2D eigenvalue weighted by molar-refractivity contribution is 5.91. The van der Waals surface area contributed by atoms with E-state index in [1.54, 1.807) is 36.1 Å². The Balaban J connectivity index is 2.16. The first-order chi connectivity index (χ1) is 11.5. The molecule has 2 N–H and O–H groups in total. The fourth-order valence-electron chi connectivity index (χ4n) is 3.41. The van der Waals surface area contributed by atoms with Gasteiger partial charge in [0.2, 0.25) is 0 Å². The highest BCUT2D eigenvalue weighted by Crippen LogP contribution is 2.34. The quantitative estimate of drug-likeness (QED) is 0.840. The zero-order valence-corrected chi connectivity index (χ0v) is 13.4. The lowest BCUT2D eigenvalue weighted by Crippen LogP contribution is -2.31. The van der Waals surface area contributed by atoms with Gasteiger partial charge in [0, 0.05) is 22.7 Å². The van der Waals surface area contributed by atoms with E-state index in [0.717, 1.165) is 31.3 Å². The summed E-state index contributed by atoms with van der Waals surface area (Å²) in [5, 5.41) is 19.6. The van der Waals surface area contributed by atoms with Crippen molar-refractivity contribution in [2.75, 3.05) is 20.2 Å². The van der Waals surface area contributed by atoms with Crippen LogP contribution in [0.1, 0.15) is 24.4 Å².